The first-order chi connectivity index (χ1) is 11.5. The molecule has 3 amide bonds. The molecule has 2 N–H and O–H groups in total. The molecule has 0 bridgehead atoms. The molecular formula is C16H25N5O2S. The highest BCUT2D eigenvalue weighted by atomic mass is 32.2. The van der Waals surface area contributed by atoms with E-state index in [2.05, 4.69) is 25.4 Å². The van der Waals surface area contributed by atoms with Crippen LogP contribution >= 0.6 is 11.8 Å². The van der Waals surface area contributed by atoms with Crippen molar-refractivity contribution in [2.45, 2.75) is 68.8 Å². The van der Waals surface area contributed by atoms with Crippen LogP contribution in [0.2, 0.25) is 0 Å². The van der Waals surface area contributed by atoms with Crippen molar-refractivity contribution < 1.29 is 9.59 Å². The number of aromatic nitrogens is 3. The molecule has 2 saturated carbocycles. The van der Waals surface area contributed by atoms with Gasteiger partial charge in [0.05, 0.1) is 5.25 Å². The number of thioether (sulfide) groups is 1. The maximum atomic E-state index is 12.2. The zero-order valence-electron chi connectivity index (χ0n) is 14.4. The highest BCUT2D eigenvalue weighted by Gasteiger charge is 2.37. The van der Waals surface area contributed by atoms with Crippen LogP contribution in [0.5, 0.6) is 0 Å². The molecule has 24 heavy (non-hydrogen) atoms. The number of nitrogens with one attached hydrogen (secondary N) is 2. The lowest BCUT2D eigenvalue weighted by molar-refractivity contribution is -0.119. The van der Waals surface area contributed by atoms with Gasteiger partial charge in [-0.05, 0) is 38.5 Å². The molecule has 132 valence electrons. The molecule has 0 saturated heterocycles. The Balaban J connectivity index is 1.57. The first-order valence-corrected chi connectivity index (χ1v) is 9.53. The second-order valence-corrected chi connectivity index (χ2v) is 8.38. The molecule has 1 aromatic rings. The molecule has 1 atom stereocenters. The van der Waals surface area contributed by atoms with Gasteiger partial charge >= 0.3 is 6.03 Å². The lowest BCUT2D eigenvalue weighted by Crippen LogP contribution is -2.43. The Morgan fingerprint density at radius 1 is 1.21 bits per heavy atom. The Morgan fingerprint density at radius 3 is 2.50 bits per heavy atom. The van der Waals surface area contributed by atoms with Gasteiger partial charge < -0.3 is 9.88 Å². The SMILES string of the molecule is CC(C)CNC(=O)NC(=O)[C@H](C)Sc1nnc(C2CC2)n1C1CC1. The number of amides is 3. The number of hydrogen-bond donors (Lipinski definition) is 2. The molecule has 3 rings (SSSR count). The number of imide groups is 1. The topological polar surface area (TPSA) is 88.9 Å². The van der Waals surface area contributed by atoms with Crippen molar-refractivity contribution >= 4 is 23.7 Å². The van der Waals surface area contributed by atoms with E-state index >= 15 is 0 Å². The van der Waals surface area contributed by atoms with Gasteiger partial charge in [0.2, 0.25) is 5.91 Å². The summed E-state index contributed by atoms with van der Waals surface area (Å²) in [5.41, 5.74) is 0. The fourth-order valence-corrected chi connectivity index (χ4v) is 3.36. The minimum absolute atomic E-state index is 0.306. The van der Waals surface area contributed by atoms with Gasteiger partial charge in [0, 0.05) is 18.5 Å². The molecule has 2 aliphatic rings. The van der Waals surface area contributed by atoms with Gasteiger partial charge in [0.15, 0.2) is 5.16 Å². The second kappa shape index (κ2) is 7.13. The molecule has 0 aromatic carbocycles. The Hall–Kier alpha value is -1.57. The van der Waals surface area contributed by atoms with Gasteiger partial charge in [-0.1, -0.05) is 25.6 Å². The summed E-state index contributed by atoms with van der Waals surface area (Å²) < 4.78 is 2.21. The molecular weight excluding hydrogens is 326 g/mol. The van der Waals surface area contributed by atoms with Crippen LogP contribution in [0.4, 0.5) is 4.79 Å². The summed E-state index contributed by atoms with van der Waals surface area (Å²) in [6, 6.07) is 0.0474. The number of urea groups is 1. The third-order valence-electron chi connectivity index (χ3n) is 4.10. The lowest BCUT2D eigenvalue weighted by Gasteiger charge is -2.13. The molecule has 0 spiro atoms. The summed E-state index contributed by atoms with van der Waals surface area (Å²) in [7, 11) is 0. The summed E-state index contributed by atoms with van der Waals surface area (Å²) in [4.78, 5) is 23.9. The fourth-order valence-electron chi connectivity index (χ4n) is 2.43. The predicted octanol–water partition coefficient (Wildman–Crippen LogP) is 2.45. The summed E-state index contributed by atoms with van der Waals surface area (Å²) in [6.07, 6.45) is 4.68. The summed E-state index contributed by atoms with van der Waals surface area (Å²) in [6.45, 7) is 6.34. The van der Waals surface area contributed by atoms with Crippen molar-refractivity contribution in [3.63, 3.8) is 0 Å². The van der Waals surface area contributed by atoms with Gasteiger partial charge in [-0.2, -0.15) is 0 Å². The van der Waals surface area contributed by atoms with E-state index in [0.717, 1.165) is 23.8 Å². The van der Waals surface area contributed by atoms with Crippen molar-refractivity contribution in [1.82, 2.24) is 25.4 Å². The highest BCUT2D eigenvalue weighted by Crippen LogP contribution is 2.46. The Morgan fingerprint density at radius 2 is 1.92 bits per heavy atom. The van der Waals surface area contributed by atoms with Gasteiger partial charge in [-0.3, -0.25) is 10.1 Å². The fraction of sp³-hybridized carbons (Fsp3) is 0.750. The van der Waals surface area contributed by atoms with Crippen LogP contribution in [0.3, 0.4) is 0 Å². The Labute approximate surface area is 146 Å². The number of rotatable bonds is 7. The van der Waals surface area contributed by atoms with Crippen LogP contribution in [0.1, 0.15) is 64.2 Å². The lowest BCUT2D eigenvalue weighted by atomic mass is 10.2. The van der Waals surface area contributed by atoms with Crippen LogP contribution in [0.15, 0.2) is 5.16 Å². The van der Waals surface area contributed by atoms with E-state index in [-0.39, 0.29) is 5.91 Å². The third kappa shape index (κ3) is 4.28. The van der Waals surface area contributed by atoms with E-state index in [9.17, 15) is 9.59 Å². The average Bonchev–Trinajstić information content (AvgIpc) is 3.44. The molecule has 0 unspecified atom stereocenters. The van der Waals surface area contributed by atoms with Crippen LogP contribution in [0, 0.1) is 5.92 Å². The van der Waals surface area contributed by atoms with E-state index in [4.69, 9.17) is 0 Å². The van der Waals surface area contributed by atoms with Gasteiger partial charge in [0.25, 0.3) is 0 Å². The normalized spacial score (nSPS) is 18.5. The van der Waals surface area contributed by atoms with Crippen molar-refractivity contribution in [3.05, 3.63) is 5.82 Å². The zero-order chi connectivity index (χ0) is 17.3. The number of nitrogens with zero attached hydrogens (tertiary/aromatic N) is 3. The molecule has 1 aromatic heterocycles. The van der Waals surface area contributed by atoms with E-state index in [1.807, 2.05) is 13.8 Å². The molecule has 7 nitrogen and oxygen atoms in total. The van der Waals surface area contributed by atoms with Gasteiger partial charge in [-0.15, -0.1) is 10.2 Å². The summed E-state index contributed by atoms with van der Waals surface area (Å²) >= 11 is 1.38. The molecule has 8 heteroatoms. The van der Waals surface area contributed by atoms with E-state index in [1.165, 1.54) is 24.6 Å². The van der Waals surface area contributed by atoms with Crippen molar-refractivity contribution in [1.29, 1.82) is 0 Å². The molecule has 2 aliphatic carbocycles. The standard InChI is InChI=1S/C16H25N5O2S/c1-9(2)8-17-15(23)18-14(22)10(3)24-16-20-19-13(11-4-5-11)21(16)12-6-7-12/h9-12H,4-8H2,1-3H3,(H2,17,18,22,23)/t10-/m0/s1. The number of carbonyl (C=O) groups is 2. The Bertz CT molecular complexity index is 622. The number of hydrogen-bond acceptors (Lipinski definition) is 5. The van der Waals surface area contributed by atoms with Crippen LogP contribution in [-0.2, 0) is 4.79 Å². The summed E-state index contributed by atoms with van der Waals surface area (Å²) in [5.74, 6) is 1.65. The summed E-state index contributed by atoms with van der Waals surface area (Å²) in [5, 5.41) is 14.1. The van der Waals surface area contributed by atoms with Crippen molar-refractivity contribution in [2.24, 2.45) is 5.92 Å². The van der Waals surface area contributed by atoms with E-state index in [0.29, 0.717) is 24.4 Å². The maximum Gasteiger partial charge on any atom is 0.321 e. The largest absolute Gasteiger partial charge is 0.338 e. The van der Waals surface area contributed by atoms with Gasteiger partial charge in [-0.25, -0.2) is 4.79 Å². The van der Waals surface area contributed by atoms with Gasteiger partial charge in [0.1, 0.15) is 5.82 Å². The van der Waals surface area contributed by atoms with E-state index in [1.54, 1.807) is 6.92 Å². The van der Waals surface area contributed by atoms with E-state index < -0.39 is 11.3 Å². The third-order valence-corrected chi connectivity index (χ3v) is 5.16. The quantitative estimate of drug-likeness (QED) is 0.737. The average molecular weight is 351 g/mol. The molecule has 1 heterocycles. The van der Waals surface area contributed by atoms with Crippen LogP contribution < -0.4 is 10.6 Å². The minimum Gasteiger partial charge on any atom is -0.338 e. The minimum atomic E-state index is -0.441. The van der Waals surface area contributed by atoms with Crippen molar-refractivity contribution in [3.8, 4) is 0 Å². The molecule has 0 radical (unpaired) electrons. The Kier molecular flexibility index (Phi) is 5.12. The molecule has 0 aliphatic heterocycles. The van der Waals surface area contributed by atoms with Crippen LogP contribution in [0.25, 0.3) is 0 Å². The monoisotopic (exact) mass is 351 g/mol. The second-order valence-electron chi connectivity index (χ2n) is 7.07. The highest BCUT2D eigenvalue weighted by molar-refractivity contribution is 8.00. The molecule has 2 fully saturated rings. The smallest absolute Gasteiger partial charge is 0.321 e. The zero-order valence-corrected chi connectivity index (χ0v) is 15.2. The van der Waals surface area contributed by atoms with Crippen molar-refractivity contribution in [2.75, 3.05) is 6.54 Å². The predicted molar refractivity (Wildman–Crippen MR) is 92.0 cm³/mol. The number of carbonyl (C=O) groups excluding carboxylic acids is 2. The first kappa shape index (κ1) is 17.3. The van der Waals surface area contributed by atoms with Crippen LogP contribution in [-0.4, -0.2) is 38.5 Å². The maximum absolute atomic E-state index is 12.2. The first-order valence-electron chi connectivity index (χ1n) is 8.65.